The van der Waals surface area contributed by atoms with Gasteiger partial charge in [-0.1, -0.05) is 154 Å². The summed E-state index contributed by atoms with van der Waals surface area (Å²) >= 11 is 0. The highest BCUT2D eigenvalue weighted by atomic mass is 16.3. The molecule has 0 bridgehead atoms. The molecule has 3 aliphatic rings. The van der Waals surface area contributed by atoms with Gasteiger partial charge >= 0.3 is 0 Å². The summed E-state index contributed by atoms with van der Waals surface area (Å²) in [6.07, 6.45) is 0. The molecule has 0 atom stereocenters. The van der Waals surface area contributed by atoms with E-state index in [0.29, 0.717) is 0 Å². The summed E-state index contributed by atoms with van der Waals surface area (Å²) in [5.41, 5.74) is 26.4. The van der Waals surface area contributed by atoms with Gasteiger partial charge in [-0.05, 0) is 133 Å². The van der Waals surface area contributed by atoms with E-state index in [0.717, 1.165) is 55.3 Å². The van der Waals surface area contributed by atoms with E-state index in [9.17, 15) is 0 Å². The molecule has 0 saturated carbocycles. The van der Waals surface area contributed by atoms with Gasteiger partial charge in [0.05, 0.1) is 44.9 Å². The third-order valence-corrected chi connectivity index (χ3v) is 15.8. The van der Waals surface area contributed by atoms with Crippen LogP contribution in [0.2, 0.25) is 0 Å². The molecule has 0 amide bonds. The molecule has 68 heavy (non-hydrogen) atoms. The van der Waals surface area contributed by atoms with Gasteiger partial charge in [0.2, 0.25) is 13.4 Å². The van der Waals surface area contributed by atoms with E-state index in [2.05, 4.69) is 209 Å². The Labute approximate surface area is 395 Å². The van der Waals surface area contributed by atoms with Gasteiger partial charge in [-0.3, -0.25) is 0 Å². The van der Waals surface area contributed by atoms with Crippen LogP contribution < -0.4 is 42.6 Å². The van der Waals surface area contributed by atoms with Crippen LogP contribution in [0, 0.1) is 41.5 Å². The third kappa shape index (κ3) is 4.92. The Morgan fingerprint density at radius 2 is 0.706 bits per heavy atom. The van der Waals surface area contributed by atoms with Crippen molar-refractivity contribution in [1.82, 2.24) is 0 Å². The fraction of sp³-hybridized carbons (Fsp3) is 0.0968. The smallest absolute Gasteiger partial charge is 0.247 e. The number of hydrogen-bond acceptors (Lipinski definition) is 4. The first-order valence-electron chi connectivity index (χ1n) is 24.0. The molecule has 3 aliphatic heterocycles. The van der Waals surface area contributed by atoms with Crippen molar-refractivity contribution in [2.45, 2.75) is 41.5 Å². The Morgan fingerprint density at radius 3 is 1.10 bits per heavy atom. The van der Waals surface area contributed by atoms with E-state index in [-0.39, 0.29) is 13.4 Å². The fourth-order valence-corrected chi connectivity index (χ4v) is 13.4. The summed E-state index contributed by atoms with van der Waals surface area (Å²) < 4.78 is 13.9. The number of fused-ring (bicyclic) bond motifs is 16. The van der Waals surface area contributed by atoms with Gasteiger partial charge < -0.3 is 18.6 Å². The molecule has 0 aliphatic carbocycles. The van der Waals surface area contributed by atoms with Crippen molar-refractivity contribution in [3.8, 4) is 0 Å². The Balaban J connectivity index is 1.12. The van der Waals surface area contributed by atoms with Crippen LogP contribution in [0.25, 0.3) is 65.4 Å². The van der Waals surface area contributed by atoms with Gasteiger partial charge in [0, 0.05) is 10.8 Å². The Kier molecular flexibility index (Phi) is 7.50. The van der Waals surface area contributed by atoms with Gasteiger partial charge in [-0.2, -0.15) is 0 Å². The summed E-state index contributed by atoms with van der Waals surface area (Å²) in [5.74, 6) is 0. The van der Waals surface area contributed by atoms with Crippen molar-refractivity contribution in [3.05, 3.63) is 191 Å². The van der Waals surface area contributed by atoms with Crippen molar-refractivity contribution in [1.29, 1.82) is 0 Å². The lowest BCUT2D eigenvalue weighted by molar-refractivity contribution is 0.669. The van der Waals surface area contributed by atoms with E-state index in [1.54, 1.807) is 0 Å². The molecule has 0 unspecified atom stereocenters. The SMILES string of the molecule is Cc1cc(C)c(B2c3cccc4c3N(c3cccc5c3N4c3c(ccc4oc6cc7ccccc7cc6c34)B5c3c(C)cc(C)cc3C)c3c2ccc2oc4cc5ccccc5cc4c32)c(C)c1. The maximum Gasteiger partial charge on any atom is 0.247 e. The van der Waals surface area contributed by atoms with Gasteiger partial charge in [-0.15, -0.1) is 0 Å². The highest BCUT2D eigenvalue weighted by Crippen LogP contribution is 2.58. The number of benzene rings is 10. The monoisotopic (exact) mass is 870 g/mol. The number of aryl methyl sites for hydroxylation is 6. The van der Waals surface area contributed by atoms with Crippen LogP contribution >= 0.6 is 0 Å². The van der Waals surface area contributed by atoms with Crippen molar-refractivity contribution in [3.63, 3.8) is 0 Å². The molecule has 0 radical (unpaired) electrons. The first-order valence-corrected chi connectivity index (χ1v) is 24.0. The molecule has 6 heteroatoms. The highest BCUT2D eigenvalue weighted by Gasteiger charge is 2.48. The maximum absolute atomic E-state index is 6.95. The largest absolute Gasteiger partial charge is 0.456 e. The molecule has 12 aromatic rings. The maximum atomic E-state index is 6.95. The van der Waals surface area contributed by atoms with Crippen molar-refractivity contribution in [2.24, 2.45) is 0 Å². The number of nitrogens with zero attached hydrogens (tertiary/aromatic N) is 2. The zero-order valence-corrected chi connectivity index (χ0v) is 38.9. The van der Waals surface area contributed by atoms with Gasteiger partial charge in [0.1, 0.15) is 22.3 Å². The van der Waals surface area contributed by atoms with Crippen LogP contribution in [0.3, 0.4) is 0 Å². The van der Waals surface area contributed by atoms with Gasteiger partial charge in [-0.25, -0.2) is 0 Å². The number of furan rings is 2. The van der Waals surface area contributed by atoms with Crippen molar-refractivity contribution in [2.75, 3.05) is 9.80 Å². The molecular weight excluding hydrogens is 826 g/mol. The average molecular weight is 871 g/mol. The quantitative estimate of drug-likeness (QED) is 0.162. The van der Waals surface area contributed by atoms with Crippen LogP contribution in [0.1, 0.15) is 33.4 Å². The molecule has 0 N–H and O–H groups in total. The molecular formula is C62H44B2N2O2. The van der Waals surface area contributed by atoms with E-state index < -0.39 is 0 Å². The van der Waals surface area contributed by atoms with Crippen molar-refractivity contribution < 1.29 is 8.83 Å². The lowest BCUT2D eigenvalue weighted by atomic mass is 9.33. The van der Waals surface area contributed by atoms with E-state index >= 15 is 0 Å². The van der Waals surface area contributed by atoms with E-state index in [4.69, 9.17) is 8.83 Å². The van der Waals surface area contributed by atoms with Crippen LogP contribution in [0.15, 0.2) is 167 Å². The molecule has 0 saturated heterocycles. The topological polar surface area (TPSA) is 32.8 Å². The fourth-order valence-electron chi connectivity index (χ4n) is 13.4. The number of para-hydroxylation sites is 2. The Bertz CT molecular complexity index is 3950. The molecule has 0 spiro atoms. The predicted molar refractivity (Wildman–Crippen MR) is 290 cm³/mol. The number of anilines is 6. The number of rotatable bonds is 2. The Morgan fingerprint density at radius 1 is 0.338 bits per heavy atom. The second kappa shape index (κ2) is 13.4. The molecule has 320 valence electrons. The van der Waals surface area contributed by atoms with Crippen LogP contribution in [0.4, 0.5) is 34.1 Å². The second-order valence-electron chi connectivity index (χ2n) is 19.9. The van der Waals surface area contributed by atoms with Gasteiger partial charge in [0.15, 0.2) is 0 Å². The van der Waals surface area contributed by atoms with Crippen LogP contribution in [-0.4, -0.2) is 13.4 Å². The number of hydrogen-bond donors (Lipinski definition) is 0. The summed E-state index contributed by atoms with van der Waals surface area (Å²) in [6.45, 7) is 13.6. The predicted octanol–water partition coefficient (Wildman–Crippen LogP) is 12.6. The Hall–Kier alpha value is -7.95. The van der Waals surface area contributed by atoms with E-state index in [1.807, 2.05) is 0 Å². The summed E-state index contributed by atoms with van der Waals surface area (Å²) in [5, 5.41) is 9.31. The standard InChI is InChI=1S/C62H44B2N2O2/c1-33-25-35(3)57(36(4)26-33)63-45-17-11-19-49-59(45)65(61-47(63)21-23-51-55(61)43-29-39-13-7-9-15-41(39)31-53(43)67-51)50-20-12-18-46-60(50)66(49)62-48(64(46)58-37(5)27-34(2)28-38(58)6)22-24-52-56(62)44-30-40-14-8-10-16-42(40)32-54(44)68-52/h7-32H,1-6H3. The summed E-state index contributed by atoms with van der Waals surface area (Å²) in [4.78, 5) is 5.27. The second-order valence-corrected chi connectivity index (χ2v) is 19.9. The first-order chi connectivity index (χ1) is 33.2. The highest BCUT2D eigenvalue weighted by molar-refractivity contribution is 7.00. The summed E-state index contributed by atoms with van der Waals surface area (Å²) in [6, 6.07) is 59.2. The lowest BCUT2D eigenvalue weighted by Crippen LogP contribution is -2.62. The van der Waals surface area contributed by atoms with E-state index in [1.165, 1.54) is 110 Å². The molecule has 15 rings (SSSR count). The average Bonchev–Trinajstić information content (AvgIpc) is 3.88. The zero-order valence-electron chi connectivity index (χ0n) is 38.9. The molecule has 0 fully saturated rings. The minimum absolute atomic E-state index is 0.0388. The van der Waals surface area contributed by atoms with Crippen LogP contribution in [-0.2, 0) is 0 Å². The molecule has 4 nitrogen and oxygen atoms in total. The first kappa shape index (κ1) is 38.2. The zero-order chi connectivity index (χ0) is 45.4. The van der Waals surface area contributed by atoms with Crippen molar-refractivity contribution >= 4 is 146 Å². The van der Waals surface area contributed by atoms with Gasteiger partial charge in [0.25, 0.3) is 0 Å². The minimum atomic E-state index is -0.0388. The molecule has 10 aromatic carbocycles. The lowest BCUT2D eigenvalue weighted by Gasteiger charge is -2.49. The molecule has 2 aromatic heterocycles. The normalized spacial score (nSPS) is 13.6. The van der Waals surface area contributed by atoms with Crippen LogP contribution in [0.5, 0.6) is 0 Å². The third-order valence-electron chi connectivity index (χ3n) is 15.8. The minimum Gasteiger partial charge on any atom is -0.456 e. The molecule has 5 heterocycles. The summed E-state index contributed by atoms with van der Waals surface area (Å²) in [7, 11) is 0.